The minimum absolute atomic E-state index is 0.237. The van der Waals surface area contributed by atoms with Crippen LogP contribution in [0.3, 0.4) is 0 Å². The van der Waals surface area contributed by atoms with Gasteiger partial charge in [0.2, 0.25) is 0 Å². The van der Waals surface area contributed by atoms with E-state index in [2.05, 4.69) is 27.4 Å². The Bertz CT molecular complexity index is 1060. The minimum Gasteiger partial charge on any atom is -0.369 e. The van der Waals surface area contributed by atoms with Crippen molar-refractivity contribution >= 4 is 16.7 Å². The molecule has 0 radical (unpaired) electrons. The van der Waals surface area contributed by atoms with Gasteiger partial charge in [-0.05, 0) is 53.4 Å². The van der Waals surface area contributed by atoms with E-state index >= 15 is 0 Å². The molecule has 4 aromatic rings. The van der Waals surface area contributed by atoms with Crippen LogP contribution in [0.1, 0.15) is 5.56 Å². The summed E-state index contributed by atoms with van der Waals surface area (Å²) in [6.45, 7) is 0.665. The predicted molar refractivity (Wildman–Crippen MR) is 104 cm³/mol. The molecule has 5 heteroatoms. The van der Waals surface area contributed by atoms with Gasteiger partial charge in [-0.1, -0.05) is 36.4 Å². The van der Waals surface area contributed by atoms with Crippen molar-refractivity contribution in [1.29, 1.82) is 0 Å². The number of aromatic nitrogens is 2. The lowest BCUT2D eigenvalue weighted by Crippen LogP contribution is -2.07. The van der Waals surface area contributed by atoms with Gasteiger partial charge in [0.25, 0.3) is 0 Å². The highest BCUT2D eigenvalue weighted by Gasteiger charge is 2.05. The van der Waals surface area contributed by atoms with Crippen LogP contribution in [0.15, 0.2) is 73.1 Å². The summed E-state index contributed by atoms with van der Waals surface area (Å²) in [5.41, 5.74) is 3.90. The van der Waals surface area contributed by atoms with Gasteiger partial charge in [0.15, 0.2) is 0 Å². The van der Waals surface area contributed by atoms with Crippen molar-refractivity contribution in [3.8, 4) is 11.1 Å². The lowest BCUT2D eigenvalue weighted by atomic mass is 10.0. The monoisotopic (exact) mass is 361 g/mol. The predicted octanol–water partition coefficient (Wildman–Crippen LogP) is 5.23. The Labute approximate surface area is 155 Å². The van der Waals surface area contributed by atoms with Crippen molar-refractivity contribution in [3.63, 3.8) is 0 Å². The number of rotatable bonds is 5. The number of nitrogens with one attached hydrogen (secondary N) is 1. The summed E-state index contributed by atoms with van der Waals surface area (Å²) in [5.74, 6) is 0.0812. The van der Waals surface area contributed by atoms with Crippen LogP contribution >= 0.6 is 0 Å². The summed E-state index contributed by atoms with van der Waals surface area (Å²) in [6, 6.07) is 19.1. The second kappa shape index (κ2) is 7.50. The molecule has 134 valence electrons. The third-order valence-corrected chi connectivity index (χ3v) is 4.43. The molecule has 0 spiro atoms. The minimum atomic E-state index is -0.309. The Morgan fingerprint density at radius 2 is 1.41 bits per heavy atom. The molecule has 1 N–H and O–H groups in total. The molecule has 27 heavy (non-hydrogen) atoms. The second-order valence-corrected chi connectivity index (χ2v) is 6.26. The van der Waals surface area contributed by atoms with E-state index in [9.17, 15) is 8.78 Å². The summed E-state index contributed by atoms with van der Waals surface area (Å²) < 4.78 is 26.5. The van der Waals surface area contributed by atoms with Crippen LogP contribution in [0, 0.1) is 11.6 Å². The van der Waals surface area contributed by atoms with Crippen LogP contribution in [-0.4, -0.2) is 16.5 Å². The highest BCUT2D eigenvalue weighted by Crippen LogP contribution is 2.22. The molecular weight excluding hydrogens is 344 g/mol. The van der Waals surface area contributed by atoms with Crippen molar-refractivity contribution in [1.82, 2.24) is 9.97 Å². The largest absolute Gasteiger partial charge is 0.369 e. The van der Waals surface area contributed by atoms with Crippen molar-refractivity contribution in [3.05, 3.63) is 90.3 Å². The average Bonchev–Trinajstić information content (AvgIpc) is 2.69. The van der Waals surface area contributed by atoms with E-state index in [4.69, 9.17) is 0 Å². The number of hydrogen-bond donors (Lipinski definition) is 1. The molecule has 3 nitrogen and oxygen atoms in total. The molecule has 3 aromatic carbocycles. The van der Waals surface area contributed by atoms with Crippen LogP contribution in [0.5, 0.6) is 0 Å². The van der Waals surface area contributed by atoms with Gasteiger partial charge in [0.05, 0.1) is 5.52 Å². The fraction of sp³-hybridized carbons (Fsp3) is 0.0909. The Morgan fingerprint density at radius 1 is 0.741 bits per heavy atom. The highest BCUT2D eigenvalue weighted by molar-refractivity contribution is 5.88. The number of fused-ring (bicyclic) bond motifs is 1. The van der Waals surface area contributed by atoms with E-state index in [1.54, 1.807) is 18.2 Å². The van der Waals surface area contributed by atoms with Gasteiger partial charge >= 0.3 is 0 Å². The number of anilines is 1. The van der Waals surface area contributed by atoms with E-state index in [1.165, 1.54) is 30.6 Å². The van der Waals surface area contributed by atoms with Crippen molar-refractivity contribution in [2.75, 3.05) is 11.9 Å². The third-order valence-electron chi connectivity index (χ3n) is 4.43. The summed E-state index contributed by atoms with van der Waals surface area (Å²) in [5, 5.41) is 3.93. The molecule has 1 heterocycles. The topological polar surface area (TPSA) is 37.8 Å². The molecule has 0 aliphatic heterocycles. The first kappa shape index (κ1) is 17.1. The van der Waals surface area contributed by atoms with Gasteiger partial charge in [-0.15, -0.1) is 0 Å². The van der Waals surface area contributed by atoms with E-state index < -0.39 is 0 Å². The Morgan fingerprint density at radius 3 is 2.15 bits per heavy atom. The molecule has 0 aliphatic carbocycles. The van der Waals surface area contributed by atoms with Crippen LogP contribution in [0.4, 0.5) is 14.6 Å². The Balaban J connectivity index is 1.42. The average molecular weight is 361 g/mol. The van der Waals surface area contributed by atoms with Gasteiger partial charge in [-0.3, -0.25) is 0 Å². The summed E-state index contributed by atoms with van der Waals surface area (Å²) in [4.78, 5) is 8.37. The molecule has 0 amide bonds. The van der Waals surface area contributed by atoms with Gasteiger partial charge in [-0.2, -0.15) is 0 Å². The SMILES string of the molecule is Fc1ccc(-c2ccc(CCNc3ncnc4ccc(F)cc34)cc2)cc1. The Hall–Kier alpha value is -3.34. The van der Waals surface area contributed by atoms with Crippen LogP contribution < -0.4 is 5.32 Å². The van der Waals surface area contributed by atoms with Crippen molar-refractivity contribution in [2.24, 2.45) is 0 Å². The Kier molecular flexibility index (Phi) is 4.75. The number of benzene rings is 3. The third kappa shape index (κ3) is 3.92. The number of halogens is 2. The standard InChI is InChI=1S/C22H17F2N3/c23-18-7-5-17(6-8-18)16-3-1-15(2-4-16)11-12-25-22-20-13-19(24)9-10-21(20)26-14-27-22/h1-10,13-14H,11-12H2,(H,25,26,27). The zero-order valence-corrected chi connectivity index (χ0v) is 14.5. The quantitative estimate of drug-likeness (QED) is 0.529. The van der Waals surface area contributed by atoms with Gasteiger partial charge in [0, 0.05) is 11.9 Å². The van der Waals surface area contributed by atoms with Gasteiger partial charge < -0.3 is 5.32 Å². The van der Waals surface area contributed by atoms with Crippen molar-refractivity contribution < 1.29 is 8.78 Å². The molecule has 0 atom stereocenters. The van der Waals surface area contributed by atoms with E-state index in [0.29, 0.717) is 23.3 Å². The van der Waals surface area contributed by atoms with Crippen LogP contribution in [-0.2, 0) is 6.42 Å². The molecule has 0 saturated carbocycles. The summed E-state index contributed by atoms with van der Waals surface area (Å²) in [7, 11) is 0. The van der Waals surface area contributed by atoms with Gasteiger partial charge in [-0.25, -0.2) is 18.7 Å². The van der Waals surface area contributed by atoms with Gasteiger partial charge in [0.1, 0.15) is 23.8 Å². The lowest BCUT2D eigenvalue weighted by molar-refractivity contribution is 0.628. The van der Waals surface area contributed by atoms with Crippen molar-refractivity contribution in [2.45, 2.75) is 6.42 Å². The summed E-state index contributed by atoms with van der Waals surface area (Å²) >= 11 is 0. The maximum atomic E-state index is 13.5. The van der Waals surface area contributed by atoms with Crippen LogP contribution in [0.25, 0.3) is 22.0 Å². The smallest absolute Gasteiger partial charge is 0.137 e. The fourth-order valence-electron chi connectivity index (χ4n) is 3.00. The lowest BCUT2D eigenvalue weighted by Gasteiger charge is -2.09. The molecule has 0 aliphatic rings. The maximum Gasteiger partial charge on any atom is 0.137 e. The summed E-state index contributed by atoms with van der Waals surface area (Å²) in [6.07, 6.45) is 2.27. The highest BCUT2D eigenvalue weighted by atomic mass is 19.1. The molecule has 0 saturated heterocycles. The fourth-order valence-corrected chi connectivity index (χ4v) is 3.00. The molecule has 1 aromatic heterocycles. The van der Waals surface area contributed by atoms with E-state index in [1.807, 2.05) is 12.1 Å². The van der Waals surface area contributed by atoms with Crippen LogP contribution in [0.2, 0.25) is 0 Å². The first-order chi connectivity index (χ1) is 13.2. The maximum absolute atomic E-state index is 13.5. The first-order valence-electron chi connectivity index (χ1n) is 8.68. The van der Waals surface area contributed by atoms with E-state index in [0.717, 1.165) is 23.1 Å². The molecule has 4 rings (SSSR count). The second-order valence-electron chi connectivity index (χ2n) is 6.26. The normalized spacial score (nSPS) is 10.9. The number of nitrogens with zero attached hydrogens (tertiary/aromatic N) is 2. The first-order valence-corrected chi connectivity index (χ1v) is 8.68. The molecule has 0 unspecified atom stereocenters. The molecule has 0 bridgehead atoms. The van der Waals surface area contributed by atoms with E-state index in [-0.39, 0.29) is 11.6 Å². The zero-order chi connectivity index (χ0) is 18.6. The molecular formula is C22H17F2N3. The molecule has 0 fully saturated rings. The zero-order valence-electron chi connectivity index (χ0n) is 14.5. The number of hydrogen-bond acceptors (Lipinski definition) is 3.